The first-order valence-electron chi connectivity index (χ1n) is 3.63. The number of anilines is 1. The fourth-order valence-electron chi connectivity index (χ4n) is 0.804. The quantitative estimate of drug-likeness (QED) is 0.795. The molecule has 1 N–H and O–H groups in total. The lowest BCUT2D eigenvalue weighted by molar-refractivity contribution is -0.114. The van der Waals surface area contributed by atoms with Gasteiger partial charge in [-0.15, -0.1) is 0 Å². The average Bonchev–Trinajstić information content (AvgIpc) is 2.07. The fourth-order valence-corrected chi connectivity index (χ4v) is 1.12. The third-order valence-electron chi connectivity index (χ3n) is 1.36. The van der Waals surface area contributed by atoms with Crippen LogP contribution in [0, 0.1) is 0 Å². The minimum Gasteiger partial charge on any atom is -0.310 e. The van der Waals surface area contributed by atoms with Crippen molar-refractivity contribution < 1.29 is 9.59 Å². The highest BCUT2D eigenvalue weighted by atomic mass is 35.5. The standard InChI is InChI=1S/C8H6Cl2N2O2/c1-4(13)12-8-6(9)2-5(3-11-8)7(10)14/h2-3H,1H3,(H,11,12,13). The first-order chi connectivity index (χ1) is 6.50. The van der Waals surface area contributed by atoms with Gasteiger partial charge in [-0.3, -0.25) is 9.59 Å². The Hall–Kier alpha value is -1.13. The largest absolute Gasteiger partial charge is 0.310 e. The van der Waals surface area contributed by atoms with Crippen LogP contribution in [-0.4, -0.2) is 16.1 Å². The number of halogens is 2. The van der Waals surface area contributed by atoms with Crippen LogP contribution >= 0.6 is 23.2 Å². The van der Waals surface area contributed by atoms with Crippen molar-refractivity contribution in [3.63, 3.8) is 0 Å². The summed E-state index contributed by atoms with van der Waals surface area (Å²) in [5.41, 5.74) is 0.186. The van der Waals surface area contributed by atoms with Crippen molar-refractivity contribution in [3.05, 3.63) is 22.8 Å². The molecule has 14 heavy (non-hydrogen) atoms. The first-order valence-corrected chi connectivity index (χ1v) is 4.39. The van der Waals surface area contributed by atoms with Gasteiger partial charge in [0.2, 0.25) is 5.91 Å². The van der Waals surface area contributed by atoms with Crippen LogP contribution in [0.1, 0.15) is 17.3 Å². The van der Waals surface area contributed by atoms with Gasteiger partial charge in [0.1, 0.15) is 0 Å². The maximum atomic E-state index is 10.7. The second-order valence-electron chi connectivity index (χ2n) is 2.51. The van der Waals surface area contributed by atoms with Crippen molar-refractivity contribution in [2.75, 3.05) is 5.32 Å². The number of hydrogen-bond donors (Lipinski definition) is 1. The van der Waals surface area contributed by atoms with E-state index in [1.807, 2.05) is 0 Å². The predicted molar refractivity (Wildman–Crippen MR) is 53.7 cm³/mol. The molecule has 1 rings (SSSR count). The van der Waals surface area contributed by atoms with Crippen molar-refractivity contribution in [2.24, 2.45) is 0 Å². The second kappa shape index (κ2) is 4.39. The van der Waals surface area contributed by atoms with Crippen LogP contribution in [0.2, 0.25) is 5.02 Å². The van der Waals surface area contributed by atoms with Gasteiger partial charge in [0.25, 0.3) is 5.24 Å². The van der Waals surface area contributed by atoms with E-state index in [2.05, 4.69) is 10.3 Å². The van der Waals surface area contributed by atoms with Gasteiger partial charge in [0.15, 0.2) is 5.82 Å². The summed E-state index contributed by atoms with van der Waals surface area (Å²) in [7, 11) is 0. The minimum absolute atomic E-state index is 0.173. The van der Waals surface area contributed by atoms with Gasteiger partial charge in [-0.25, -0.2) is 4.98 Å². The topological polar surface area (TPSA) is 59.1 Å². The van der Waals surface area contributed by atoms with Gasteiger partial charge < -0.3 is 5.32 Å². The molecule has 0 aromatic carbocycles. The number of amides is 1. The summed E-state index contributed by atoms with van der Waals surface area (Å²) in [6, 6.07) is 1.34. The van der Waals surface area contributed by atoms with Crippen LogP contribution in [0.5, 0.6) is 0 Å². The number of nitrogens with one attached hydrogen (secondary N) is 1. The summed E-state index contributed by atoms with van der Waals surface area (Å²) in [6.07, 6.45) is 1.24. The average molecular weight is 233 g/mol. The summed E-state index contributed by atoms with van der Waals surface area (Å²) >= 11 is 10.9. The molecular weight excluding hydrogens is 227 g/mol. The highest BCUT2D eigenvalue weighted by molar-refractivity contribution is 6.67. The molecule has 0 radical (unpaired) electrons. The molecule has 0 saturated carbocycles. The highest BCUT2D eigenvalue weighted by Gasteiger charge is 2.08. The number of aromatic nitrogens is 1. The van der Waals surface area contributed by atoms with E-state index >= 15 is 0 Å². The van der Waals surface area contributed by atoms with Gasteiger partial charge in [0, 0.05) is 13.1 Å². The second-order valence-corrected chi connectivity index (χ2v) is 3.26. The van der Waals surface area contributed by atoms with Crippen molar-refractivity contribution in [1.29, 1.82) is 0 Å². The molecule has 1 amide bonds. The monoisotopic (exact) mass is 232 g/mol. The van der Waals surface area contributed by atoms with Crippen molar-refractivity contribution >= 4 is 40.2 Å². The lowest BCUT2D eigenvalue weighted by Gasteiger charge is -2.03. The molecule has 0 aliphatic rings. The number of carbonyl (C=O) groups excluding carboxylic acids is 2. The van der Waals surface area contributed by atoms with Crippen LogP contribution < -0.4 is 5.32 Å². The molecule has 0 spiro atoms. The predicted octanol–water partition coefficient (Wildman–Crippen LogP) is 2.07. The van der Waals surface area contributed by atoms with Gasteiger partial charge in [-0.2, -0.15) is 0 Å². The zero-order chi connectivity index (χ0) is 10.7. The smallest absolute Gasteiger partial charge is 0.253 e. The molecule has 6 heteroatoms. The van der Waals surface area contributed by atoms with E-state index in [1.54, 1.807) is 0 Å². The fraction of sp³-hybridized carbons (Fsp3) is 0.125. The summed E-state index contributed by atoms with van der Waals surface area (Å²) in [5, 5.41) is 1.93. The van der Waals surface area contributed by atoms with E-state index in [1.165, 1.54) is 19.2 Å². The minimum atomic E-state index is -0.645. The van der Waals surface area contributed by atoms with Crippen molar-refractivity contribution in [3.8, 4) is 0 Å². The molecule has 0 aliphatic heterocycles. The van der Waals surface area contributed by atoms with Crippen LogP contribution in [0.3, 0.4) is 0 Å². The summed E-state index contributed by atoms with van der Waals surface area (Å²) in [6.45, 7) is 1.33. The molecular formula is C8H6Cl2N2O2. The molecule has 1 aromatic rings. The summed E-state index contributed by atoms with van der Waals surface area (Å²) in [4.78, 5) is 25.2. The molecule has 1 aromatic heterocycles. The Morgan fingerprint density at radius 2 is 2.14 bits per heavy atom. The molecule has 74 valence electrons. The number of carbonyl (C=O) groups is 2. The molecule has 0 unspecified atom stereocenters. The Bertz CT molecular complexity index is 393. The van der Waals surface area contributed by atoms with Gasteiger partial charge in [0.05, 0.1) is 10.6 Å². The van der Waals surface area contributed by atoms with Crippen molar-refractivity contribution in [2.45, 2.75) is 6.92 Å². The molecule has 4 nitrogen and oxygen atoms in total. The van der Waals surface area contributed by atoms with Crippen LogP contribution in [0.25, 0.3) is 0 Å². The van der Waals surface area contributed by atoms with Crippen LogP contribution in [-0.2, 0) is 4.79 Å². The molecule has 0 aliphatic carbocycles. The summed E-state index contributed by atoms with van der Waals surface area (Å²) in [5.74, 6) is -0.0785. The SMILES string of the molecule is CC(=O)Nc1ncc(C(=O)Cl)cc1Cl. The Morgan fingerprint density at radius 1 is 1.50 bits per heavy atom. The molecule has 1 heterocycles. The molecule has 0 bridgehead atoms. The number of hydrogen-bond acceptors (Lipinski definition) is 3. The Kier molecular flexibility index (Phi) is 3.43. The Balaban J connectivity index is 3.01. The lowest BCUT2D eigenvalue weighted by Crippen LogP contribution is -2.08. The highest BCUT2D eigenvalue weighted by Crippen LogP contribution is 2.20. The summed E-state index contributed by atoms with van der Waals surface area (Å²) < 4.78 is 0. The van der Waals surface area contributed by atoms with E-state index in [0.717, 1.165) is 0 Å². The maximum Gasteiger partial charge on any atom is 0.253 e. The Labute approximate surface area is 90.2 Å². The third kappa shape index (κ3) is 2.68. The normalized spacial score (nSPS) is 9.64. The zero-order valence-electron chi connectivity index (χ0n) is 7.17. The van der Waals surface area contributed by atoms with Crippen LogP contribution in [0.4, 0.5) is 5.82 Å². The molecule has 0 saturated heterocycles. The number of pyridine rings is 1. The van der Waals surface area contributed by atoms with Gasteiger partial charge in [-0.1, -0.05) is 11.6 Å². The van der Waals surface area contributed by atoms with E-state index in [4.69, 9.17) is 23.2 Å². The zero-order valence-corrected chi connectivity index (χ0v) is 8.69. The number of rotatable bonds is 2. The molecule has 0 fully saturated rings. The van der Waals surface area contributed by atoms with Gasteiger partial charge >= 0.3 is 0 Å². The lowest BCUT2D eigenvalue weighted by atomic mass is 10.3. The third-order valence-corrected chi connectivity index (χ3v) is 1.87. The Morgan fingerprint density at radius 3 is 2.57 bits per heavy atom. The first kappa shape index (κ1) is 10.9. The van der Waals surface area contributed by atoms with E-state index in [0.29, 0.717) is 0 Å². The van der Waals surface area contributed by atoms with Crippen molar-refractivity contribution in [1.82, 2.24) is 4.98 Å². The number of nitrogens with zero attached hydrogens (tertiary/aromatic N) is 1. The van der Waals surface area contributed by atoms with E-state index in [-0.39, 0.29) is 22.3 Å². The van der Waals surface area contributed by atoms with E-state index < -0.39 is 5.24 Å². The molecule has 0 atom stereocenters. The van der Waals surface area contributed by atoms with E-state index in [9.17, 15) is 9.59 Å². The van der Waals surface area contributed by atoms with Crippen LogP contribution in [0.15, 0.2) is 12.3 Å². The maximum absolute atomic E-state index is 10.7. The van der Waals surface area contributed by atoms with Gasteiger partial charge in [-0.05, 0) is 17.7 Å².